The molecule has 0 spiro atoms. The van der Waals surface area contributed by atoms with Crippen LogP contribution in [0.25, 0.3) is 0 Å². The van der Waals surface area contributed by atoms with E-state index in [1.54, 1.807) is 27.7 Å². The predicted molar refractivity (Wildman–Crippen MR) is 64.5 cm³/mol. The van der Waals surface area contributed by atoms with Gasteiger partial charge in [-0.25, -0.2) is 0 Å². The highest BCUT2D eigenvalue weighted by atomic mass is 16.5. The van der Waals surface area contributed by atoms with Gasteiger partial charge < -0.3 is 9.53 Å². The van der Waals surface area contributed by atoms with Gasteiger partial charge in [0.05, 0.1) is 6.61 Å². The molecule has 4 nitrogen and oxygen atoms in total. The van der Waals surface area contributed by atoms with Gasteiger partial charge in [-0.15, -0.1) is 0 Å². The molecular weight excluding hydrogens is 220 g/mol. The van der Waals surface area contributed by atoms with Crippen molar-refractivity contribution in [2.45, 2.75) is 48.0 Å². The summed E-state index contributed by atoms with van der Waals surface area (Å²) in [4.78, 5) is 35.0. The summed E-state index contributed by atoms with van der Waals surface area (Å²) in [5, 5.41) is 0. The van der Waals surface area contributed by atoms with E-state index in [4.69, 9.17) is 4.74 Å². The lowest BCUT2D eigenvalue weighted by Crippen LogP contribution is -2.49. The van der Waals surface area contributed by atoms with Crippen molar-refractivity contribution >= 4 is 17.5 Å². The van der Waals surface area contributed by atoms with Gasteiger partial charge in [-0.05, 0) is 33.1 Å². The first-order valence-corrected chi connectivity index (χ1v) is 5.77. The number of hydrogen-bond donors (Lipinski definition) is 0. The fourth-order valence-corrected chi connectivity index (χ4v) is 1.97. The van der Waals surface area contributed by atoms with Gasteiger partial charge in [-0.2, -0.15) is 0 Å². The number of carbonyl (C=O) groups excluding carboxylic acids is 3. The second-order valence-electron chi connectivity index (χ2n) is 5.16. The van der Waals surface area contributed by atoms with Gasteiger partial charge in [0.1, 0.15) is 17.0 Å². The van der Waals surface area contributed by atoms with E-state index in [0.717, 1.165) is 0 Å². The first kappa shape index (κ1) is 15.8. The summed E-state index contributed by atoms with van der Waals surface area (Å²) in [6, 6.07) is 0. The topological polar surface area (TPSA) is 60.4 Å². The second-order valence-corrected chi connectivity index (χ2v) is 5.16. The van der Waals surface area contributed by atoms with Crippen molar-refractivity contribution in [3.05, 3.63) is 0 Å². The number of ether oxygens (including phenoxy) is 1. The number of rotatable bonds is 6. The van der Waals surface area contributed by atoms with Crippen molar-refractivity contribution < 1.29 is 19.1 Å². The minimum atomic E-state index is -1.28. The summed E-state index contributed by atoms with van der Waals surface area (Å²) in [5.41, 5.74) is -2.04. The highest BCUT2D eigenvalue weighted by molar-refractivity contribution is 6.03. The van der Waals surface area contributed by atoms with Gasteiger partial charge in [-0.3, -0.25) is 9.59 Å². The zero-order chi connectivity index (χ0) is 13.9. The Bertz CT molecular complexity index is 330. The molecule has 0 fully saturated rings. The number of Topliss-reactive ketones (excluding diaryl/α,β-unsaturated/α-hetero) is 2. The smallest absolute Gasteiger partial charge is 0.319 e. The van der Waals surface area contributed by atoms with E-state index in [9.17, 15) is 14.4 Å². The molecule has 0 aromatic carbocycles. The standard InChI is InChI=1S/C13H22O4/c1-7-17-11(16)13(6,10(3)15)12(4,5)8-9(2)14/h7-8H2,1-6H3. The summed E-state index contributed by atoms with van der Waals surface area (Å²) in [7, 11) is 0. The normalized spacial score (nSPS) is 14.9. The Morgan fingerprint density at radius 1 is 1.06 bits per heavy atom. The van der Waals surface area contributed by atoms with Crippen LogP contribution in [0.4, 0.5) is 0 Å². The third-order valence-electron chi connectivity index (χ3n) is 3.43. The molecule has 0 aliphatic rings. The zero-order valence-electron chi connectivity index (χ0n) is 11.5. The number of esters is 1. The van der Waals surface area contributed by atoms with E-state index in [2.05, 4.69) is 0 Å². The average molecular weight is 242 g/mol. The number of hydrogen-bond acceptors (Lipinski definition) is 4. The molecule has 98 valence electrons. The van der Waals surface area contributed by atoms with Crippen LogP contribution in [-0.2, 0) is 19.1 Å². The molecule has 0 saturated heterocycles. The van der Waals surface area contributed by atoms with Gasteiger partial charge in [0.25, 0.3) is 0 Å². The fourth-order valence-electron chi connectivity index (χ4n) is 1.97. The third kappa shape index (κ3) is 3.14. The van der Waals surface area contributed by atoms with Gasteiger partial charge >= 0.3 is 5.97 Å². The van der Waals surface area contributed by atoms with Gasteiger partial charge in [-0.1, -0.05) is 13.8 Å². The number of ketones is 2. The Hall–Kier alpha value is -1.19. The highest BCUT2D eigenvalue weighted by Gasteiger charge is 2.52. The van der Waals surface area contributed by atoms with Crippen molar-refractivity contribution in [2.24, 2.45) is 10.8 Å². The molecule has 0 amide bonds. The van der Waals surface area contributed by atoms with Crippen LogP contribution >= 0.6 is 0 Å². The quantitative estimate of drug-likeness (QED) is 0.529. The highest BCUT2D eigenvalue weighted by Crippen LogP contribution is 2.43. The Balaban J connectivity index is 5.40. The fraction of sp³-hybridized carbons (Fsp3) is 0.769. The molecule has 1 unspecified atom stereocenters. The molecule has 1 atom stereocenters. The monoisotopic (exact) mass is 242 g/mol. The largest absolute Gasteiger partial charge is 0.465 e. The molecule has 0 bridgehead atoms. The Morgan fingerprint density at radius 3 is 1.82 bits per heavy atom. The Kier molecular flexibility index (Phi) is 5.05. The maximum Gasteiger partial charge on any atom is 0.319 e. The lowest BCUT2D eigenvalue weighted by Gasteiger charge is -2.39. The Labute approximate surface area is 103 Å². The van der Waals surface area contributed by atoms with Crippen molar-refractivity contribution in [2.75, 3.05) is 6.61 Å². The van der Waals surface area contributed by atoms with Crippen LogP contribution in [0.1, 0.15) is 48.0 Å². The molecule has 0 aliphatic carbocycles. The molecule has 0 aliphatic heterocycles. The minimum Gasteiger partial charge on any atom is -0.465 e. The summed E-state index contributed by atoms with van der Waals surface area (Å²) in [6.45, 7) is 9.76. The van der Waals surface area contributed by atoms with Crippen LogP contribution in [0, 0.1) is 10.8 Å². The molecule has 0 saturated carbocycles. The van der Waals surface area contributed by atoms with Gasteiger partial charge in [0.15, 0.2) is 0 Å². The molecule has 0 radical (unpaired) electrons. The molecule has 0 rings (SSSR count). The van der Waals surface area contributed by atoms with E-state index in [0.29, 0.717) is 0 Å². The molecule has 0 heterocycles. The molecule has 4 heteroatoms. The first-order valence-electron chi connectivity index (χ1n) is 5.77. The molecule has 17 heavy (non-hydrogen) atoms. The van der Waals surface area contributed by atoms with E-state index in [-0.39, 0.29) is 24.6 Å². The van der Waals surface area contributed by atoms with Crippen molar-refractivity contribution in [1.29, 1.82) is 0 Å². The summed E-state index contributed by atoms with van der Waals surface area (Å²) in [5.74, 6) is -0.882. The van der Waals surface area contributed by atoms with Crippen LogP contribution in [0.5, 0.6) is 0 Å². The van der Waals surface area contributed by atoms with Crippen molar-refractivity contribution in [3.63, 3.8) is 0 Å². The first-order chi connectivity index (χ1) is 7.59. The molecule has 0 aromatic heterocycles. The van der Waals surface area contributed by atoms with Gasteiger partial charge in [0.2, 0.25) is 0 Å². The van der Waals surface area contributed by atoms with Crippen LogP contribution in [-0.4, -0.2) is 24.1 Å². The van der Waals surface area contributed by atoms with Crippen molar-refractivity contribution in [1.82, 2.24) is 0 Å². The van der Waals surface area contributed by atoms with E-state index >= 15 is 0 Å². The van der Waals surface area contributed by atoms with E-state index in [1.165, 1.54) is 13.8 Å². The maximum atomic E-state index is 12.0. The van der Waals surface area contributed by atoms with Crippen LogP contribution in [0.3, 0.4) is 0 Å². The SMILES string of the molecule is CCOC(=O)C(C)(C(C)=O)C(C)(C)CC(C)=O. The minimum absolute atomic E-state index is 0.0493. The zero-order valence-corrected chi connectivity index (χ0v) is 11.5. The van der Waals surface area contributed by atoms with Crippen LogP contribution in [0.15, 0.2) is 0 Å². The maximum absolute atomic E-state index is 12.0. The lowest BCUT2D eigenvalue weighted by atomic mass is 9.62. The van der Waals surface area contributed by atoms with Gasteiger partial charge in [0, 0.05) is 6.42 Å². The molecular formula is C13H22O4. The molecule has 0 N–H and O–H groups in total. The van der Waals surface area contributed by atoms with Crippen LogP contribution in [0.2, 0.25) is 0 Å². The van der Waals surface area contributed by atoms with E-state index < -0.39 is 16.8 Å². The summed E-state index contributed by atoms with van der Waals surface area (Å²) >= 11 is 0. The van der Waals surface area contributed by atoms with Crippen LogP contribution < -0.4 is 0 Å². The second kappa shape index (κ2) is 5.43. The lowest BCUT2D eigenvalue weighted by molar-refractivity contribution is -0.167. The van der Waals surface area contributed by atoms with Crippen molar-refractivity contribution in [3.8, 4) is 0 Å². The Morgan fingerprint density at radius 2 is 1.53 bits per heavy atom. The third-order valence-corrected chi connectivity index (χ3v) is 3.43. The predicted octanol–water partition coefficient (Wildman–Crippen LogP) is 2.15. The summed E-state index contributed by atoms with van der Waals surface area (Å²) in [6.07, 6.45) is 0.169. The van der Waals surface area contributed by atoms with E-state index in [1.807, 2.05) is 0 Å². The number of carbonyl (C=O) groups is 3. The molecule has 0 aromatic rings. The summed E-state index contributed by atoms with van der Waals surface area (Å²) < 4.78 is 4.97. The average Bonchev–Trinajstić information content (AvgIpc) is 2.13.